The molecule has 0 atom stereocenters. The van der Waals surface area contributed by atoms with Gasteiger partial charge >= 0.3 is 0 Å². The molecule has 1 aromatic rings. The van der Waals surface area contributed by atoms with Gasteiger partial charge in [0.2, 0.25) is 5.91 Å². The van der Waals surface area contributed by atoms with Gasteiger partial charge in [0.15, 0.2) is 0 Å². The maximum atomic E-state index is 12.2. The van der Waals surface area contributed by atoms with E-state index in [1.807, 2.05) is 24.3 Å². The Bertz CT molecular complexity index is 435. The monoisotopic (exact) mass is 349 g/mol. The van der Waals surface area contributed by atoms with Crippen LogP contribution >= 0.6 is 24.8 Å². The van der Waals surface area contributed by atoms with Gasteiger partial charge in [-0.1, -0.05) is 0 Å². The van der Waals surface area contributed by atoms with Crippen LogP contribution in [-0.4, -0.2) is 44.1 Å². The van der Waals surface area contributed by atoms with E-state index in [0.717, 1.165) is 37.4 Å². The number of nitrogens with zero attached hydrogens (tertiary/aromatic N) is 1. The summed E-state index contributed by atoms with van der Waals surface area (Å²) in [4.78, 5) is 14.4. The predicted octanol–water partition coefficient (Wildman–Crippen LogP) is 2.15. The van der Waals surface area contributed by atoms with Crippen LogP contribution in [0.5, 0.6) is 5.75 Å². The van der Waals surface area contributed by atoms with Gasteiger partial charge in [0.1, 0.15) is 12.4 Å². The minimum Gasteiger partial charge on any atom is -0.492 e. The fraction of sp³-hybridized carbons (Fsp3) is 0.533. The first-order valence-electron chi connectivity index (χ1n) is 7.11. The van der Waals surface area contributed by atoms with Crippen molar-refractivity contribution >= 4 is 36.4 Å². The van der Waals surface area contributed by atoms with Crippen LogP contribution in [0.3, 0.4) is 0 Å². The number of ether oxygens (including phenoxy) is 1. The van der Waals surface area contributed by atoms with E-state index >= 15 is 0 Å². The summed E-state index contributed by atoms with van der Waals surface area (Å²) in [6.07, 6.45) is 1.86. The lowest BCUT2D eigenvalue weighted by atomic mass is 9.96. The molecule has 1 heterocycles. The van der Waals surface area contributed by atoms with Gasteiger partial charge in [0, 0.05) is 18.2 Å². The Balaban J connectivity index is 0.00000220. The van der Waals surface area contributed by atoms with Crippen LogP contribution in [0, 0.1) is 5.92 Å². The summed E-state index contributed by atoms with van der Waals surface area (Å²) in [5.41, 5.74) is 6.19. The van der Waals surface area contributed by atoms with Crippen molar-refractivity contribution in [2.45, 2.75) is 12.8 Å². The summed E-state index contributed by atoms with van der Waals surface area (Å²) in [6, 6.07) is 7.41. The second-order valence-electron chi connectivity index (χ2n) is 5.23. The molecule has 22 heavy (non-hydrogen) atoms. The van der Waals surface area contributed by atoms with Gasteiger partial charge in [-0.2, -0.15) is 0 Å². The minimum atomic E-state index is 0. The number of nitrogens with one attached hydrogen (secondary N) is 1. The van der Waals surface area contributed by atoms with E-state index in [4.69, 9.17) is 10.5 Å². The molecule has 2 rings (SSSR count). The van der Waals surface area contributed by atoms with Crippen LogP contribution < -0.4 is 15.8 Å². The molecule has 0 unspecified atom stereocenters. The van der Waals surface area contributed by atoms with Crippen molar-refractivity contribution in [3.8, 4) is 5.75 Å². The van der Waals surface area contributed by atoms with Gasteiger partial charge in [-0.15, -0.1) is 24.8 Å². The lowest BCUT2D eigenvalue weighted by molar-refractivity contribution is -0.121. The Morgan fingerprint density at radius 2 is 1.86 bits per heavy atom. The maximum absolute atomic E-state index is 12.2. The molecule has 1 fully saturated rings. The fourth-order valence-electron chi connectivity index (χ4n) is 2.33. The first-order chi connectivity index (χ1) is 9.69. The molecule has 0 aliphatic carbocycles. The summed E-state index contributed by atoms with van der Waals surface area (Å²) in [5, 5.41) is 2.97. The largest absolute Gasteiger partial charge is 0.492 e. The van der Waals surface area contributed by atoms with Gasteiger partial charge in [-0.25, -0.2) is 0 Å². The number of carbonyl (C=O) groups excluding carboxylic acids is 1. The Kier molecular flexibility index (Phi) is 10.2. The van der Waals surface area contributed by atoms with Gasteiger partial charge < -0.3 is 20.7 Å². The van der Waals surface area contributed by atoms with Crippen LogP contribution in [-0.2, 0) is 4.79 Å². The van der Waals surface area contributed by atoms with Crippen LogP contribution in [0.25, 0.3) is 0 Å². The summed E-state index contributed by atoms with van der Waals surface area (Å²) in [7, 11) is 2.09. The maximum Gasteiger partial charge on any atom is 0.227 e. The number of nitrogens with two attached hydrogens (primary N) is 1. The van der Waals surface area contributed by atoms with Gasteiger partial charge in [-0.05, 0) is 57.2 Å². The third-order valence-electron chi connectivity index (χ3n) is 3.60. The number of rotatable bonds is 5. The van der Waals surface area contributed by atoms with Crippen LogP contribution in [0.15, 0.2) is 24.3 Å². The van der Waals surface area contributed by atoms with Crippen molar-refractivity contribution in [2.75, 3.05) is 38.6 Å². The van der Waals surface area contributed by atoms with E-state index in [9.17, 15) is 4.79 Å². The molecule has 0 spiro atoms. The number of benzene rings is 1. The van der Waals surface area contributed by atoms with Crippen molar-refractivity contribution < 1.29 is 9.53 Å². The molecule has 1 saturated heterocycles. The SMILES string of the molecule is CN1CCC(C(=O)Nc2ccc(OCCN)cc2)CC1.Cl.Cl. The molecule has 5 nitrogen and oxygen atoms in total. The lowest BCUT2D eigenvalue weighted by Gasteiger charge is -2.28. The summed E-state index contributed by atoms with van der Waals surface area (Å²) >= 11 is 0. The number of anilines is 1. The Morgan fingerprint density at radius 1 is 1.27 bits per heavy atom. The Labute approximate surface area is 144 Å². The molecule has 7 heteroatoms. The van der Waals surface area contributed by atoms with Crippen molar-refractivity contribution in [3.63, 3.8) is 0 Å². The number of hydrogen-bond donors (Lipinski definition) is 2. The average Bonchev–Trinajstić information content (AvgIpc) is 2.47. The molecule has 1 amide bonds. The minimum absolute atomic E-state index is 0. The molecule has 3 N–H and O–H groups in total. The molecule has 0 aromatic heterocycles. The fourth-order valence-corrected chi connectivity index (χ4v) is 2.33. The van der Waals surface area contributed by atoms with Crippen molar-refractivity contribution in [2.24, 2.45) is 11.7 Å². The van der Waals surface area contributed by atoms with Gasteiger partial charge in [-0.3, -0.25) is 4.79 Å². The topological polar surface area (TPSA) is 67.6 Å². The number of carbonyl (C=O) groups is 1. The highest BCUT2D eigenvalue weighted by Crippen LogP contribution is 2.20. The van der Waals surface area contributed by atoms with Crippen molar-refractivity contribution in [1.82, 2.24) is 4.90 Å². The summed E-state index contributed by atoms with van der Waals surface area (Å²) < 4.78 is 5.40. The first-order valence-corrected chi connectivity index (χ1v) is 7.11. The van der Waals surface area contributed by atoms with Crippen LogP contribution in [0.4, 0.5) is 5.69 Å². The number of hydrogen-bond acceptors (Lipinski definition) is 4. The summed E-state index contributed by atoms with van der Waals surface area (Å²) in [6.45, 7) is 2.98. The highest BCUT2D eigenvalue weighted by molar-refractivity contribution is 5.92. The normalized spacial score (nSPS) is 15.4. The van der Waals surface area contributed by atoms with E-state index in [1.165, 1.54) is 0 Å². The van der Waals surface area contributed by atoms with Crippen molar-refractivity contribution in [3.05, 3.63) is 24.3 Å². The first kappa shape index (κ1) is 21.0. The highest BCUT2D eigenvalue weighted by Gasteiger charge is 2.23. The average molecular weight is 350 g/mol. The molecule has 0 saturated carbocycles. The molecule has 1 aliphatic heterocycles. The van der Waals surface area contributed by atoms with Crippen molar-refractivity contribution in [1.29, 1.82) is 0 Å². The quantitative estimate of drug-likeness (QED) is 0.854. The second kappa shape index (κ2) is 10.7. The zero-order valence-corrected chi connectivity index (χ0v) is 14.4. The third kappa shape index (κ3) is 6.40. The predicted molar refractivity (Wildman–Crippen MR) is 94.3 cm³/mol. The molecule has 0 bridgehead atoms. The molecule has 1 aliphatic rings. The van der Waals surface area contributed by atoms with Crippen LogP contribution in [0.2, 0.25) is 0 Å². The van der Waals surface area contributed by atoms with Gasteiger partial charge in [0.05, 0.1) is 0 Å². The van der Waals surface area contributed by atoms with E-state index in [1.54, 1.807) is 0 Å². The third-order valence-corrected chi connectivity index (χ3v) is 3.60. The number of likely N-dealkylation sites (tertiary alicyclic amines) is 1. The molecular formula is C15H25Cl2N3O2. The number of halogens is 2. The lowest BCUT2D eigenvalue weighted by Crippen LogP contribution is -2.35. The number of amides is 1. The van der Waals surface area contributed by atoms with Gasteiger partial charge in [0.25, 0.3) is 0 Å². The molecule has 1 aromatic carbocycles. The standard InChI is InChI=1S/C15H23N3O2.2ClH/c1-18-9-6-12(7-10-18)15(19)17-13-2-4-14(5-3-13)20-11-8-16;;/h2-5,12H,6-11,16H2,1H3,(H,17,19);2*1H. The zero-order chi connectivity index (χ0) is 14.4. The Morgan fingerprint density at radius 3 is 2.41 bits per heavy atom. The van der Waals surface area contributed by atoms with E-state index < -0.39 is 0 Å². The highest BCUT2D eigenvalue weighted by atomic mass is 35.5. The number of piperidine rings is 1. The molecule has 0 radical (unpaired) electrons. The Hall–Kier alpha value is -1.01. The van der Waals surface area contributed by atoms with Crippen LogP contribution in [0.1, 0.15) is 12.8 Å². The summed E-state index contributed by atoms with van der Waals surface area (Å²) in [5.74, 6) is 1.01. The smallest absolute Gasteiger partial charge is 0.227 e. The van der Waals surface area contributed by atoms with E-state index in [0.29, 0.717) is 13.2 Å². The van der Waals surface area contributed by atoms with E-state index in [2.05, 4.69) is 17.3 Å². The molecular weight excluding hydrogens is 325 g/mol. The second-order valence-corrected chi connectivity index (χ2v) is 5.23. The zero-order valence-electron chi connectivity index (χ0n) is 12.8. The molecule has 126 valence electrons. The van der Waals surface area contributed by atoms with E-state index in [-0.39, 0.29) is 36.6 Å².